The van der Waals surface area contributed by atoms with Crippen LogP contribution >= 0.6 is 7.60 Å². The van der Waals surface area contributed by atoms with Crippen LogP contribution < -0.4 is 5.32 Å². The molecule has 0 saturated heterocycles. The monoisotopic (exact) mass is 409 g/mol. The van der Waals surface area contributed by atoms with E-state index in [0.717, 1.165) is 12.8 Å². The van der Waals surface area contributed by atoms with E-state index in [2.05, 4.69) is 5.32 Å². The molecule has 0 radical (unpaired) electrons. The van der Waals surface area contributed by atoms with E-state index in [-0.39, 0.29) is 19.1 Å². The first-order valence-corrected chi connectivity index (χ1v) is 11.6. The largest absolute Gasteiger partial charge is 0.444 e. The summed E-state index contributed by atoms with van der Waals surface area (Å²) in [5.74, 6) is -1.31. The molecule has 2 atom stereocenters. The van der Waals surface area contributed by atoms with E-state index in [0.29, 0.717) is 19.3 Å². The molecule has 0 aliphatic rings. The van der Waals surface area contributed by atoms with Gasteiger partial charge >= 0.3 is 13.7 Å². The zero-order chi connectivity index (χ0) is 21.1. The summed E-state index contributed by atoms with van der Waals surface area (Å²) in [6.45, 7) is 13.6. The molecule has 0 aromatic carbocycles. The van der Waals surface area contributed by atoms with Gasteiger partial charge in [-0.1, -0.05) is 40.5 Å². The molecule has 0 heterocycles. The van der Waals surface area contributed by atoms with Crippen molar-refractivity contribution in [3.63, 3.8) is 0 Å². The van der Waals surface area contributed by atoms with Gasteiger partial charge in [0.25, 0.3) is 0 Å². The highest BCUT2D eigenvalue weighted by Crippen LogP contribution is 2.54. The number of hydrogen-bond donors (Lipinski definition) is 2. The van der Waals surface area contributed by atoms with Gasteiger partial charge in [-0.3, -0.25) is 4.57 Å². The van der Waals surface area contributed by atoms with Gasteiger partial charge in [-0.05, 0) is 46.0 Å². The first kappa shape index (κ1) is 26.4. The van der Waals surface area contributed by atoms with Gasteiger partial charge in [0.15, 0.2) is 5.85 Å². The molecule has 2 N–H and O–H groups in total. The summed E-state index contributed by atoms with van der Waals surface area (Å²) < 4.78 is 29.6. The Bertz CT molecular complexity index is 450. The molecular formula is C19H40NO6P. The minimum Gasteiger partial charge on any atom is -0.444 e. The number of rotatable bonds is 13. The Labute approximate surface area is 165 Å². The van der Waals surface area contributed by atoms with E-state index in [4.69, 9.17) is 13.8 Å². The van der Waals surface area contributed by atoms with Crippen molar-refractivity contribution in [1.29, 1.82) is 0 Å². The normalized spacial score (nSPS) is 14.9. The van der Waals surface area contributed by atoms with Crippen LogP contribution in [0.4, 0.5) is 4.79 Å². The number of unbranched alkanes of at least 4 members (excludes halogenated alkanes) is 2. The summed E-state index contributed by atoms with van der Waals surface area (Å²) in [5.41, 5.74) is -0.670. The Kier molecular flexibility index (Phi) is 12.5. The number of aliphatic hydroxyl groups excluding tert-OH is 1. The average Bonchev–Trinajstić information content (AvgIpc) is 2.51. The fourth-order valence-electron chi connectivity index (χ4n) is 2.30. The molecule has 162 valence electrons. The molecule has 8 heteroatoms. The first-order chi connectivity index (χ1) is 12.4. The summed E-state index contributed by atoms with van der Waals surface area (Å²) in [6, 6.07) is -0.797. The van der Waals surface area contributed by atoms with Crippen molar-refractivity contribution >= 4 is 13.7 Å². The third-order valence-corrected chi connectivity index (χ3v) is 5.74. The molecular weight excluding hydrogens is 369 g/mol. The van der Waals surface area contributed by atoms with Crippen LogP contribution in [0.1, 0.15) is 80.6 Å². The Morgan fingerprint density at radius 3 is 1.93 bits per heavy atom. The molecule has 0 bridgehead atoms. The molecule has 1 amide bonds. The van der Waals surface area contributed by atoms with Crippen LogP contribution in [0.5, 0.6) is 0 Å². The predicted octanol–water partition coefficient (Wildman–Crippen LogP) is 5.07. The third-order valence-electron chi connectivity index (χ3n) is 3.65. The molecule has 0 aromatic heterocycles. The second-order valence-electron chi connectivity index (χ2n) is 8.21. The van der Waals surface area contributed by atoms with Crippen molar-refractivity contribution in [2.24, 2.45) is 5.92 Å². The maximum Gasteiger partial charge on any atom is 0.407 e. The number of carbonyl (C=O) groups is 1. The number of aliphatic hydroxyl groups is 1. The van der Waals surface area contributed by atoms with E-state index in [1.165, 1.54) is 0 Å². The zero-order valence-electron chi connectivity index (χ0n) is 18.1. The lowest BCUT2D eigenvalue weighted by Crippen LogP contribution is -2.46. The highest BCUT2D eigenvalue weighted by Gasteiger charge is 2.41. The fourth-order valence-corrected chi connectivity index (χ4v) is 4.09. The average molecular weight is 410 g/mol. The van der Waals surface area contributed by atoms with Crippen molar-refractivity contribution in [3.05, 3.63) is 0 Å². The fraction of sp³-hybridized carbons (Fsp3) is 0.947. The molecule has 0 spiro atoms. The number of hydrogen-bond acceptors (Lipinski definition) is 6. The molecule has 0 saturated carbocycles. The molecule has 7 nitrogen and oxygen atoms in total. The van der Waals surface area contributed by atoms with Crippen LogP contribution in [0.25, 0.3) is 0 Å². The Morgan fingerprint density at radius 1 is 1.07 bits per heavy atom. The first-order valence-electron chi connectivity index (χ1n) is 10.0. The van der Waals surface area contributed by atoms with Crippen molar-refractivity contribution in [2.45, 2.75) is 98.1 Å². The Morgan fingerprint density at radius 2 is 1.56 bits per heavy atom. The van der Waals surface area contributed by atoms with Crippen LogP contribution in [-0.2, 0) is 18.3 Å². The van der Waals surface area contributed by atoms with E-state index in [1.54, 1.807) is 20.8 Å². The van der Waals surface area contributed by atoms with E-state index < -0.39 is 31.2 Å². The molecule has 0 aliphatic carbocycles. The van der Waals surface area contributed by atoms with Crippen molar-refractivity contribution in [1.82, 2.24) is 5.32 Å². The molecule has 0 rings (SSSR count). The second kappa shape index (κ2) is 12.8. The van der Waals surface area contributed by atoms with Gasteiger partial charge in [0.2, 0.25) is 0 Å². The maximum atomic E-state index is 13.3. The van der Waals surface area contributed by atoms with Gasteiger partial charge in [-0.2, -0.15) is 0 Å². The number of nitrogens with one attached hydrogen (secondary N) is 1. The van der Waals surface area contributed by atoms with Crippen LogP contribution in [0.3, 0.4) is 0 Å². The standard InChI is InChI=1S/C19H40NO6P/c1-8-10-12-24-27(23,25-13-11-9-2)17(21)16(14-15(3)4)20-18(22)26-19(5,6)7/h15-17,21H,8-14H2,1-7H3,(H,20,22)/t16-,17?/m0/s1. The van der Waals surface area contributed by atoms with Gasteiger partial charge in [0.1, 0.15) is 5.60 Å². The summed E-state index contributed by atoms with van der Waals surface area (Å²) in [4.78, 5) is 12.2. The zero-order valence-corrected chi connectivity index (χ0v) is 19.0. The highest BCUT2D eigenvalue weighted by atomic mass is 31.2. The lowest BCUT2D eigenvalue weighted by atomic mass is 10.0. The predicted molar refractivity (Wildman–Crippen MR) is 108 cm³/mol. The molecule has 0 aromatic rings. The van der Waals surface area contributed by atoms with E-state index in [1.807, 2.05) is 27.7 Å². The van der Waals surface area contributed by atoms with E-state index in [9.17, 15) is 14.5 Å². The topological polar surface area (TPSA) is 94.1 Å². The molecule has 27 heavy (non-hydrogen) atoms. The summed E-state index contributed by atoms with van der Waals surface area (Å²) in [5, 5.41) is 13.5. The molecule has 1 unspecified atom stereocenters. The summed E-state index contributed by atoms with van der Waals surface area (Å²) in [7, 11) is -3.80. The highest BCUT2D eigenvalue weighted by molar-refractivity contribution is 7.54. The smallest absolute Gasteiger partial charge is 0.407 e. The van der Waals surface area contributed by atoms with Crippen LogP contribution in [-0.4, -0.2) is 41.9 Å². The Hall–Kier alpha value is -0.620. The van der Waals surface area contributed by atoms with Crippen molar-refractivity contribution < 1.29 is 28.3 Å². The van der Waals surface area contributed by atoms with Gasteiger partial charge in [0.05, 0.1) is 19.3 Å². The van der Waals surface area contributed by atoms with E-state index >= 15 is 0 Å². The lowest BCUT2D eigenvalue weighted by Gasteiger charge is -2.31. The number of carbonyl (C=O) groups excluding carboxylic acids is 1. The van der Waals surface area contributed by atoms with Gasteiger partial charge in [0, 0.05) is 0 Å². The van der Waals surface area contributed by atoms with Crippen molar-refractivity contribution in [3.8, 4) is 0 Å². The van der Waals surface area contributed by atoms with Gasteiger partial charge in [-0.15, -0.1) is 0 Å². The molecule has 0 aliphatic heterocycles. The number of amides is 1. The maximum absolute atomic E-state index is 13.3. The minimum absolute atomic E-state index is 0.152. The third kappa shape index (κ3) is 11.7. The van der Waals surface area contributed by atoms with Crippen LogP contribution in [0.15, 0.2) is 0 Å². The summed E-state index contributed by atoms with van der Waals surface area (Å²) in [6.07, 6.45) is 2.91. The summed E-state index contributed by atoms with van der Waals surface area (Å²) >= 11 is 0. The number of alkyl carbamates (subject to hydrolysis) is 1. The Balaban J connectivity index is 5.32. The van der Waals surface area contributed by atoms with Crippen LogP contribution in [0.2, 0.25) is 0 Å². The lowest BCUT2D eigenvalue weighted by molar-refractivity contribution is 0.0433. The van der Waals surface area contributed by atoms with Gasteiger partial charge in [-0.25, -0.2) is 4.79 Å². The SMILES string of the molecule is CCCCOP(=O)(OCCCC)C(O)[C@H](CC(C)C)NC(=O)OC(C)(C)C. The van der Waals surface area contributed by atoms with Crippen molar-refractivity contribution in [2.75, 3.05) is 13.2 Å². The molecule has 0 fully saturated rings. The van der Waals surface area contributed by atoms with Crippen LogP contribution in [0, 0.1) is 5.92 Å². The minimum atomic E-state index is -3.80. The number of ether oxygens (including phenoxy) is 1. The quantitative estimate of drug-likeness (QED) is 0.326. The van der Waals surface area contributed by atoms with Gasteiger partial charge < -0.3 is 24.2 Å². The second-order valence-corrected chi connectivity index (χ2v) is 10.3.